The van der Waals surface area contributed by atoms with Crippen LogP contribution in [0.15, 0.2) is 0 Å². The van der Waals surface area contributed by atoms with Gasteiger partial charge in [0, 0.05) is 5.92 Å². The predicted octanol–water partition coefficient (Wildman–Crippen LogP) is 1.56. The maximum absolute atomic E-state index is 12.9. The fourth-order valence-corrected chi connectivity index (χ4v) is 3.94. The molecule has 8 heteroatoms. The molecule has 8 nitrogen and oxygen atoms in total. The molecule has 0 radical (unpaired) electrons. The highest BCUT2D eigenvalue weighted by atomic mass is 16.6. The molecule has 1 aliphatic heterocycles. The monoisotopic (exact) mass is 433 g/mol. The largest absolute Gasteiger partial charge is 0.394 e. The number of carbonyl (C=O) groups excluding carboxylic acids is 1. The Morgan fingerprint density at radius 2 is 1.43 bits per heavy atom. The minimum atomic E-state index is -2.54. The summed E-state index contributed by atoms with van der Waals surface area (Å²) in [6.07, 6.45) is 5.28. The third-order valence-electron chi connectivity index (χ3n) is 6.02. The second-order valence-electron chi connectivity index (χ2n) is 8.56. The van der Waals surface area contributed by atoms with Crippen LogP contribution < -0.4 is 5.32 Å². The van der Waals surface area contributed by atoms with Crippen molar-refractivity contribution < 1.29 is 35.1 Å². The van der Waals surface area contributed by atoms with E-state index in [1.54, 1.807) is 0 Å². The molecule has 0 aliphatic carbocycles. The lowest BCUT2D eigenvalue weighted by molar-refractivity contribution is -0.336. The van der Waals surface area contributed by atoms with Crippen molar-refractivity contribution in [1.29, 1.82) is 0 Å². The van der Waals surface area contributed by atoms with Crippen LogP contribution in [0.25, 0.3) is 0 Å². The molecular formula is C22H43NO7. The van der Waals surface area contributed by atoms with Crippen LogP contribution in [0.5, 0.6) is 0 Å². The van der Waals surface area contributed by atoms with Gasteiger partial charge in [-0.25, -0.2) is 0 Å². The molecule has 0 spiro atoms. The molecule has 6 N–H and O–H groups in total. The Morgan fingerprint density at radius 1 is 0.933 bits per heavy atom. The normalized spacial score (nSPS) is 30.2. The second kappa shape index (κ2) is 14.3. The molecule has 6 atom stereocenters. The molecule has 1 fully saturated rings. The van der Waals surface area contributed by atoms with E-state index in [1.807, 2.05) is 0 Å². The van der Waals surface area contributed by atoms with Crippen LogP contribution >= 0.6 is 0 Å². The number of aliphatic hydroxyl groups is 5. The lowest BCUT2D eigenvalue weighted by atomic mass is 9.90. The number of carbonyl (C=O) groups is 1. The van der Waals surface area contributed by atoms with Crippen LogP contribution in [0, 0.1) is 5.92 Å². The molecule has 30 heavy (non-hydrogen) atoms. The van der Waals surface area contributed by atoms with Gasteiger partial charge in [0.05, 0.1) is 6.61 Å². The topological polar surface area (TPSA) is 139 Å². The first-order chi connectivity index (χ1) is 14.3. The maximum Gasteiger partial charge on any atom is 0.225 e. The van der Waals surface area contributed by atoms with E-state index in [4.69, 9.17) is 4.74 Å². The van der Waals surface area contributed by atoms with Crippen molar-refractivity contribution in [2.24, 2.45) is 5.92 Å². The molecule has 178 valence electrons. The summed E-state index contributed by atoms with van der Waals surface area (Å²) in [6, 6.07) is 0. The van der Waals surface area contributed by atoms with Gasteiger partial charge in [-0.3, -0.25) is 4.79 Å². The van der Waals surface area contributed by atoms with Crippen LogP contribution in [-0.4, -0.2) is 68.4 Å². The van der Waals surface area contributed by atoms with Gasteiger partial charge in [-0.1, -0.05) is 78.1 Å². The molecule has 1 saturated heterocycles. The summed E-state index contributed by atoms with van der Waals surface area (Å²) < 4.78 is 4.99. The highest BCUT2D eigenvalue weighted by molar-refractivity contribution is 5.79. The van der Waals surface area contributed by atoms with Gasteiger partial charge in [-0.15, -0.1) is 0 Å². The predicted molar refractivity (Wildman–Crippen MR) is 113 cm³/mol. The Hall–Kier alpha value is -0.770. The number of ether oxygens (including phenoxy) is 1. The molecule has 0 aromatic rings. The van der Waals surface area contributed by atoms with Gasteiger partial charge in [0.2, 0.25) is 17.9 Å². The number of hydrogen-bond acceptors (Lipinski definition) is 7. The van der Waals surface area contributed by atoms with E-state index >= 15 is 0 Å². The van der Waals surface area contributed by atoms with Gasteiger partial charge in [0.25, 0.3) is 0 Å². The average molecular weight is 434 g/mol. The zero-order valence-corrected chi connectivity index (χ0v) is 18.6. The Morgan fingerprint density at radius 3 is 1.97 bits per heavy atom. The van der Waals surface area contributed by atoms with Crippen molar-refractivity contribution in [2.45, 2.75) is 121 Å². The van der Waals surface area contributed by atoms with Gasteiger partial charge < -0.3 is 35.6 Å². The van der Waals surface area contributed by atoms with Gasteiger partial charge in [0.1, 0.15) is 18.3 Å². The number of rotatable bonds is 15. The van der Waals surface area contributed by atoms with E-state index in [2.05, 4.69) is 19.2 Å². The highest BCUT2D eigenvalue weighted by Gasteiger charge is 2.55. The molecule has 1 heterocycles. The summed E-state index contributed by atoms with van der Waals surface area (Å²) >= 11 is 0. The second-order valence-corrected chi connectivity index (χ2v) is 8.56. The van der Waals surface area contributed by atoms with E-state index in [1.165, 1.54) is 19.3 Å². The third-order valence-corrected chi connectivity index (χ3v) is 6.02. The van der Waals surface area contributed by atoms with Crippen molar-refractivity contribution in [1.82, 2.24) is 5.32 Å². The van der Waals surface area contributed by atoms with Crippen molar-refractivity contribution in [3.05, 3.63) is 0 Å². The number of hydrogen-bond donors (Lipinski definition) is 6. The van der Waals surface area contributed by atoms with Crippen molar-refractivity contribution in [3.8, 4) is 0 Å². The van der Waals surface area contributed by atoms with Crippen LogP contribution in [0.1, 0.15) is 90.9 Å². The number of unbranched alkanes of at least 4 members (excludes halogenated alkanes) is 8. The lowest BCUT2D eigenvalue weighted by Gasteiger charge is -2.46. The van der Waals surface area contributed by atoms with E-state index in [-0.39, 0.29) is 5.92 Å². The highest BCUT2D eigenvalue weighted by Crippen LogP contribution is 2.28. The Balaban J connectivity index is 2.71. The van der Waals surface area contributed by atoms with Crippen LogP contribution in [0.2, 0.25) is 0 Å². The first kappa shape index (κ1) is 27.3. The average Bonchev–Trinajstić information content (AvgIpc) is 2.73. The van der Waals surface area contributed by atoms with Gasteiger partial charge >= 0.3 is 0 Å². The number of nitrogens with one attached hydrogen (secondary N) is 1. The van der Waals surface area contributed by atoms with E-state index in [0.717, 1.165) is 44.9 Å². The van der Waals surface area contributed by atoms with Crippen LogP contribution in [0.4, 0.5) is 0 Å². The molecular weight excluding hydrogens is 390 g/mol. The summed E-state index contributed by atoms with van der Waals surface area (Å²) in [4.78, 5) is 12.9. The molecule has 1 aliphatic rings. The maximum atomic E-state index is 12.9. The minimum Gasteiger partial charge on any atom is -0.394 e. The lowest BCUT2D eigenvalue weighted by Crippen LogP contribution is -2.73. The summed E-state index contributed by atoms with van der Waals surface area (Å²) in [5.41, 5.74) is -2.54. The van der Waals surface area contributed by atoms with Gasteiger partial charge in [0.15, 0.2) is 0 Å². The minimum absolute atomic E-state index is 0.357. The van der Waals surface area contributed by atoms with Crippen molar-refractivity contribution in [2.75, 3.05) is 6.61 Å². The van der Waals surface area contributed by atoms with E-state index in [0.29, 0.717) is 12.8 Å². The van der Waals surface area contributed by atoms with Crippen molar-refractivity contribution >= 4 is 5.91 Å². The molecule has 0 bridgehead atoms. The summed E-state index contributed by atoms with van der Waals surface area (Å²) in [7, 11) is 0. The Kier molecular flexibility index (Phi) is 13.0. The van der Waals surface area contributed by atoms with Crippen LogP contribution in [-0.2, 0) is 9.53 Å². The smallest absolute Gasteiger partial charge is 0.225 e. The molecule has 1 unspecified atom stereocenters. The van der Waals surface area contributed by atoms with E-state index in [9.17, 15) is 30.3 Å². The van der Waals surface area contributed by atoms with Crippen molar-refractivity contribution in [3.63, 3.8) is 0 Å². The SMILES string of the molecule is CCCCCCCCC(CCCCCC)C(=O)N[C@]1(O)[C@@H](O)O[C@H](CO)[C@@H](O)[C@@H]1O. The fraction of sp³-hybridized carbons (Fsp3) is 0.955. The molecule has 1 amide bonds. The Bertz CT molecular complexity index is 478. The third kappa shape index (κ3) is 8.05. The first-order valence-electron chi connectivity index (χ1n) is 11.7. The number of amides is 1. The quantitative estimate of drug-likeness (QED) is 0.170. The fourth-order valence-electron chi connectivity index (χ4n) is 3.94. The summed E-state index contributed by atoms with van der Waals surface area (Å²) in [6.45, 7) is 3.64. The van der Waals surface area contributed by atoms with E-state index < -0.39 is 42.8 Å². The summed E-state index contributed by atoms with van der Waals surface area (Å²) in [5, 5.41) is 52.6. The molecule has 1 rings (SSSR count). The van der Waals surface area contributed by atoms with Crippen LogP contribution in [0.3, 0.4) is 0 Å². The summed E-state index contributed by atoms with van der Waals surface area (Å²) in [5.74, 6) is -0.830. The number of aliphatic hydroxyl groups excluding tert-OH is 4. The standard InChI is InChI=1S/C22H43NO7/c1-3-5-7-9-10-12-14-16(13-11-8-6-4-2)20(27)23-22(29)19(26)18(25)17(15-24)30-21(22)28/h16-19,21,24-26,28-29H,3-15H2,1-2H3,(H,23,27)/t16?,17-,18-,19+,21+,22-/m1/s1. The zero-order valence-electron chi connectivity index (χ0n) is 18.6. The molecule has 0 saturated carbocycles. The Labute approximate surface area is 180 Å². The molecule has 0 aromatic heterocycles. The van der Waals surface area contributed by atoms with Gasteiger partial charge in [-0.05, 0) is 12.8 Å². The van der Waals surface area contributed by atoms with Gasteiger partial charge in [-0.2, -0.15) is 0 Å². The first-order valence-corrected chi connectivity index (χ1v) is 11.7. The molecule has 0 aromatic carbocycles. The zero-order chi connectivity index (χ0) is 22.6.